The summed E-state index contributed by atoms with van der Waals surface area (Å²) in [5, 5.41) is 3.44. The van der Waals surface area contributed by atoms with Gasteiger partial charge in [-0.25, -0.2) is 9.37 Å². The van der Waals surface area contributed by atoms with Crippen molar-refractivity contribution in [3.63, 3.8) is 0 Å². The van der Waals surface area contributed by atoms with Gasteiger partial charge in [-0.15, -0.1) is 0 Å². The summed E-state index contributed by atoms with van der Waals surface area (Å²) in [6, 6.07) is 5.16. The van der Waals surface area contributed by atoms with Crippen molar-refractivity contribution in [2.45, 2.75) is 25.8 Å². The highest BCUT2D eigenvalue weighted by Gasteiger charge is 2.17. The first-order valence-corrected chi connectivity index (χ1v) is 7.17. The van der Waals surface area contributed by atoms with E-state index in [0.717, 1.165) is 24.4 Å². The normalized spacial score (nSPS) is 12.6. The molecule has 0 saturated carbocycles. The molecule has 19 heavy (non-hydrogen) atoms. The Bertz CT molecular complexity index is 513. The van der Waals surface area contributed by atoms with Crippen molar-refractivity contribution >= 4 is 15.9 Å². The Balaban J connectivity index is 2.23. The van der Waals surface area contributed by atoms with Gasteiger partial charge in [0.25, 0.3) is 0 Å². The molecule has 2 rings (SSSR count). The second kappa shape index (κ2) is 6.82. The van der Waals surface area contributed by atoms with Gasteiger partial charge in [-0.1, -0.05) is 19.1 Å². The zero-order valence-electron chi connectivity index (χ0n) is 10.8. The second-order valence-corrected chi connectivity index (χ2v) is 5.18. The molecule has 1 aromatic heterocycles. The molecule has 0 radical (unpaired) electrons. The molecule has 0 bridgehead atoms. The van der Waals surface area contributed by atoms with Crippen molar-refractivity contribution < 1.29 is 4.39 Å². The van der Waals surface area contributed by atoms with Gasteiger partial charge in [0.1, 0.15) is 11.6 Å². The first kappa shape index (κ1) is 14.2. The summed E-state index contributed by atoms with van der Waals surface area (Å²) in [7, 11) is 0. The molecule has 1 aromatic carbocycles. The summed E-state index contributed by atoms with van der Waals surface area (Å²) in [4.78, 5) is 7.32. The predicted octanol–water partition coefficient (Wildman–Crippen LogP) is 3.59. The first-order chi connectivity index (χ1) is 9.22. The average molecular weight is 326 g/mol. The maximum absolute atomic E-state index is 13.6. The van der Waals surface area contributed by atoms with Crippen LogP contribution in [0.3, 0.4) is 0 Å². The van der Waals surface area contributed by atoms with Crippen LogP contribution < -0.4 is 5.32 Å². The van der Waals surface area contributed by atoms with Crippen LogP contribution in [0.25, 0.3) is 0 Å². The molecule has 1 unspecified atom stereocenters. The molecule has 1 heterocycles. The largest absolute Gasteiger partial charge is 0.349 e. The van der Waals surface area contributed by atoms with Gasteiger partial charge >= 0.3 is 0 Å². The molecule has 3 nitrogen and oxygen atoms in total. The predicted molar refractivity (Wildman–Crippen MR) is 77.4 cm³/mol. The van der Waals surface area contributed by atoms with Crippen molar-refractivity contribution in [3.8, 4) is 0 Å². The summed E-state index contributed by atoms with van der Waals surface area (Å²) in [6.45, 7) is 2.99. The lowest BCUT2D eigenvalue weighted by atomic mass is 10.0. The van der Waals surface area contributed by atoms with Gasteiger partial charge in [-0.05, 0) is 40.5 Å². The molecular formula is C14H17BrFN3. The van der Waals surface area contributed by atoms with Crippen molar-refractivity contribution in [2.75, 3.05) is 6.54 Å². The summed E-state index contributed by atoms with van der Waals surface area (Å²) < 4.78 is 14.2. The molecule has 0 fully saturated rings. The Morgan fingerprint density at radius 2 is 2.32 bits per heavy atom. The van der Waals surface area contributed by atoms with E-state index >= 15 is 0 Å². The molecule has 0 amide bonds. The van der Waals surface area contributed by atoms with Crippen LogP contribution in [0.1, 0.15) is 30.8 Å². The molecule has 0 aliphatic carbocycles. The number of nitrogens with zero attached hydrogens (tertiary/aromatic N) is 1. The molecule has 0 saturated heterocycles. The van der Waals surface area contributed by atoms with Crippen molar-refractivity contribution in [3.05, 3.63) is 52.3 Å². The Kier molecular flexibility index (Phi) is 5.10. The highest BCUT2D eigenvalue weighted by molar-refractivity contribution is 9.10. The van der Waals surface area contributed by atoms with Crippen LogP contribution in [0.4, 0.5) is 4.39 Å². The first-order valence-electron chi connectivity index (χ1n) is 6.38. The van der Waals surface area contributed by atoms with E-state index in [4.69, 9.17) is 0 Å². The van der Waals surface area contributed by atoms with Crippen LogP contribution in [-0.2, 0) is 6.42 Å². The summed E-state index contributed by atoms with van der Waals surface area (Å²) in [5.74, 6) is 0.657. The van der Waals surface area contributed by atoms with Gasteiger partial charge in [-0.2, -0.15) is 0 Å². The van der Waals surface area contributed by atoms with Crippen LogP contribution in [0.15, 0.2) is 35.1 Å². The Morgan fingerprint density at radius 3 is 3.00 bits per heavy atom. The van der Waals surface area contributed by atoms with E-state index in [1.54, 1.807) is 18.5 Å². The fourth-order valence-corrected chi connectivity index (χ4v) is 2.54. The van der Waals surface area contributed by atoms with Gasteiger partial charge in [0.2, 0.25) is 0 Å². The molecule has 0 aliphatic heterocycles. The van der Waals surface area contributed by atoms with Crippen molar-refractivity contribution in [2.24, 2.45) is 0 Å². The Morgan fingerprint density at radius 1 is 1.47 bits per heavy atom. The second-order valence-electron chi connectivity index (χ2n) is 4.39. The van der Waals surface area contributed by atoms with E-state index in [0.29, 0.717) is 10.9 Å². The SMILES string of the molecule is CCCNC(Cc1ncc[nH]1)c1cccc(F)c1Br. The maximum Gasteiger partial charge on any atom is 0.137 e. The van der Waals surface area contributed by atoms with Crippen LogP contribution in [0.5, 0.6) is 0 Å². The minimum Gasteiger partial charge on any atom is -0.349 e. The zero-order valence-corrected chi connectivity index (χ0v) is 12.4. The van der Waals surface area contributed by atoms with E-state index in [1.807, 2.05) is 6.07 Å². The lowest BCUT2D eigenvalue weighted by Crippen LogP contribution is -2.25. The van der Waals surface area contributed by atoms with E-state index in [-0.39, 0.29) is 11.9 Å². The number of aromatic amines is 1. The fourth-order valence-electron chi connectivity index (χ4n) is 2.00. The number of H-pyrrole nitrogens is 1. The third-order valence-corrected chi connectivity index (χ3v) is 3.79. The monoisotopic (exact) mass is 325 g/mol. The number of nitrogens with one attached hydrogen (secondary N) is 2. The topological polar surface area (TPSA) is 40.7 Å². The smallest absolute Gasteiger partial charge is 0.137 e. The molecule has 1 atom stereocenters. The number of hydrogen-bond donors (Lipinski definition) is 2. The van der Waals surface area contributed by atoms with Gasteiger partial charge in [0.05, 0.1) is 4.47 Å². The minimum absolute atomic E-state index is 0.0381. The quantitative estimate of drug-likeness (QED) is 0.852. The minimum atomic E-state index is -0.236. The van der Waals surface area contributed by atoms with Gasteiger partial charge in [0.15, 0.2) is 0 Å². The van der Waals surface area contributed by atoms with Crippen LogP contribution in [0.2, 0.25) is 0 Å². The molecule has 0 aliphatic rings. The highest BCUT2D eigenvalue weighted by Crippen LogP contribution is 2.27. The van der Waals surface area contributed by atoms with Crippen LogP contribution >= 0.6 is 15.9 Å². The van der Waals surface area contributed by atoms with Gasteiger partial charge < -0.3 is 10.3 Å². The van der Waals surface area contributed by atoms with E-state index in [9.17, 15) is 4.39 Å². The lowest BCUT2D eigenvalue weighted by molar-refractivity contribution is 0.513. The average Bonchev–Trinajstić information content (AvgIpc) is 2.91. The highest BCUT2D eigenvalue weighted by atomic mass is 79.9. The van der Waals surface area contributed by atoms with Crippen molar-refractivity contribution in [1.29, 1.82) is 0 Å². The van der Waals surface area contributed by atoms with Gasteiger partial charge in [-0.3, -0.25) is 0 Å². The summed E-state index contributed by atoms with van der Waals surface area (Å²) >= 11 is 3.33. The van der Waals surface area contributed by atoms with E-state index in [2.05, 4.69) is 38.1 Å². The number of rotatable bonds is 6. The Labute approximate surface area is 120 Å². The van der Waals surface area contributed by atoms with Crippen LogP contribution in [-0.4, -0.2) is 16.5 Å². The number of halogens is 2. The molecule has 5 heteroatoms. The molecule has 2 aromatic rings. The molecule has 0 spiro atoms. The number of imidazole rings is 1. The number of aromatic nitrogens is 2. The van der Waals surface area contributed by atoms with E-state index < -0.39 is 0 Å². The fraction of sp³-hybridized carbons (Fsp3) is 0.357. The number of hydrogen-bond acceptors (Lipinski definition) is 2. The molecular weight excluding hydrogens is 309 g/mol. The van der Waals surface area contributed by atoms with E-state index in [1.165, 1.54) is 6.07 Å². The molecule has 102 valence electrons. The summed E-state index contributed by atoms with van der Waals surface area (Å²) in [5.41, 5.74) is 0.921. The third kappa shape index (κ3) is 3.64. The Hall–Kier alpha value is -1.20. The summed E-state index contributed by atoms with van der Waals surface area (Å²) in [6.07, 6.45) is 5.26. The molecule has 2 N–H and O–H groups in total. The maximum atomic E-state index is 13.6. The number of benzene rings is 1. The third-order valence-electron chi connectivity index (χ3n) is 2.95. The van der Waals surface area contributed by atoms with Crippen LogP contribution in [0, 0.1) is 5.82 Å². The van der Waals surface area contributed by atoms with Gasteiger partial charge in [0, 0.05) is 24.9 Å². The zero-order chi connectivity index (χ0) is 13.7. The standard InChI is InChI=1S/C14H17BrFN3/c1-2-6-17-12(9-13-18-7-8-19-13)10-4-3-5-11(16)14(10)15/h3-5,7-8,12,17H,2,6,9H2,1H3,(H,18,19). The van der Waals surface area contributed by atoms with Crippen molar-refractivity contribution in [1.82, 2.24) is 15.3 Å². The lowest BCUT2D eigenvalue weighted by Gasteiger charge is -2.19.